The van der Waals surface area contributed by atoms with E-state index in [1.807, 2.05) is 56.0 Å². The molecule has 2 N–H and O–H groups in total. The average Bonchev–Trinajstić information content (AvgIpc) is 3.22. The first-order valence-corrected chi connectivity index (χ1v) is 9.13. The van der Waals surface area contributed by atoms with E-state index in [1.54, 1.807) is 6.20 Å². The van der Waals surface area contributed by atoms with Crippen LogP contribution in [-0.4, -0.2) is 57.6 Å². The third-order valence-electron chi connectivity index (χ3n) is 4.53. The van der Waals surface area contributed by atoms with E-state index in [9.17, 15) is 10.1 Å². The Balaban J connectivity index is 1.58. The monoisotopic (exact) mass is 380 g/mol. The number of amides is 1. The fourth-order valence-electron chi connectivity index (χ4n) is 2.99. The second kappa shape index (κ2) is 8.08. The molecule has 2 heterocycles. The fraction of sp³-hybridized carbons (Fsp3) is 0.421. The molecule has 28 heavy (non-hydrogen) atoms. The summed E-state index contributed by atoms with van der Waals surface area (Å²) in [6.45, 7) is 8.95. The Bertz CT molecular complexity index is 866. The lowest BCUT2D eigenvalue weighted by atomic mass is 9.94. The highest BCUT2D eigenvalue weighted by atomic mass is 16.2. The lowest BCUT2D eigenvalue weighted by Gasteiger charge is -2.38. The first kappa shape index (κ1) is 19.4. The molecule has 0 atom stereocenters. The zero-order valence-corrected chi connectivity index (χ0v) is 16.3. The molecule has 9 heteroatoms. The van der Waals surface area contributed by atoms with E-state index < -0.39 is 0 Å². The van der Waals surface area contributed by atoms with Gasteiger partial charge in [-0.15, -0.1) is 10.2 Å². The van der Waals surface area contributed by atoms with Crippen LogP contribution < -0.4 is 10.2 Å². The molecule has 146 valence electrons. The van der Waals surface area contributed by atoms with E-state index in [0.717, 1.165) is 37.6 Å². The Morgan fingerprint density at radius 3 is 2.43 bits per heavy atom. The Kier molecular flexibility index (Phi) is 5.59. The molecule has 9 nitrogen and oxygen atoms in total. The van der Waals surface area contributed by atoms with Gasteiger partial charge in [0.05, 0.1) is 0 Å². The number of aromatic amines is 1. The topological polar surface area (TPSA) is 114 Å². The van der Waals surface area contributed by atoms with Gasteiger partial charge in [-0.05, 0) is 29.5 Å². The van der Waals surface area contributed by atoms with Crippen molar-refractivity contribution < 1.29 is 4.79 Å². The van der Waals surface area contributed by atoms with E-state index in [1.165, 1.54) is 0 Å². The summed E-state index contributed by atoms with van der Waals surface area (Å²) in [6, 6.07) is 9.98. The van der Waals surface area contributed by atoms with Crippen molar-refractivity contribution >= 4 is 22.9 Å². The van der Waals surface area contributed by atoms with Crippen molar-refractivity contribution in [3.63, 3.8) is 0 Å². The molecular formula is C19H24N8O. The van der Waals surface area contributed by atoms with Crippen molar-refractivity contribution in [3.05, 3.63) is 36.3 Å². The molecule has 1 aliphatic heterocycles. The quantitative estimate of drug-likeness (QED) is 0.778. The number of carbonyl (C=O) groups excluding carboxylic acids is 1. The number of aromatic nitrogens is 4. The average molecular weight is 380 g/mol. The van der Waals surface area contributed by atoms with Crippen molar-refractivity contribution in [1.29, 1.82) is 5.26 Å². The smallest absolute Gasteiger partial charge is 0.228 e. The molecule has 0 radical (unpaired) electrons. The van der Waals surface area contributed by atoms with E-state index in [2.05, 4.69) is 30.8 Å². The minimum atomic E-state index is -0.340. The van der Waals surface area contributed by atoms with Crippen LogP contribution in [0.5, 0.6) is 0 Å². The summed E-state index contributed by atoms with van der Waals surface area (Å²) in [5, 5.41) is 25.6. The Morgan fingerprint density at radius 2 is 1.89 bits per heavy atom. The second-order valence-corrected chi connectivity index (χ2v) is 7.63. The number of carbonyl (C=O) groups is 1. The number of H-pyrrole nitrogens is 1. The summed E-state index contributed by atoms with van der Waals surface area (Å²) in [6.07, 6.45) is 1.55. The molecule has 0 unspecified atom stereocenters. The van der Waals surface area contributed by atoms with Gasteiger partial charge >= 0.3 is 0 Å². The van der Waals surface area contributed by atoms with Gasteiger partial charge in [0.25, 0.3) is 0 Å². The predicted octanol–water partition coefficient (Wildman–Crippen LogP) is 1.87. The summed E-state index contributed by atoms with van der Waals surface area (Å²) in [7, 11) is 0. The van der Waals surface area contributed by atoms with Crippen molar-refractivity contribution in [2.75, 3.05) is 36.4 Å². The molecule has 1 amide bonds. The summed E-state index contributed by atoms with van der Waals surface area (Å²) in [4.78, 5) is 16.6. The van der Waals surface area contributed by atoms with E-state index in [0.29, 0.717) is 0 Å². The van der Waals surface area contributed by atoms with Gasteiger partial charge < -0.3 is 15.1 Å². The van der Waals surface area contributed by atoms with Gasteiger partial charge in [-0.3, -0.25) is 4.79 Å². The van der Waals surface area contributed by atoms with Gasteiger partial charge in [0.2, 0.25) is 11.7 Å². The number of allylic oxidation sites excluding steroid dienone is 1. The molecule has 2 aromatic rings. The molecule has 1 aromatic heterocycles. The summed E-state index contributed by atoms with van der Waals surface area (Å²) in [5.41, 5.74) is 1.90. The van der Waals surface area contributed by atoms with Crippen molar-refractivity contribution in [2.45, 2.75) is 20.8 Å². The van der Waals surface area contributed by atoms with Crippen LogP contribution in [0.4, 0.5) is 11.4 Å². The lowest BCUT2D eigenvalue weighted by Crippen LogP contribution is -2.51. The van der Waals surface area contributed by atoms with Gasteiger partial charge in [-0.25, -0.2) is 0 Å². The third kappa shape index (κ3) is 4.46. The number of nitrogens with one attached hydrogen (secondary N) is 2. The third-order valence-corrected chi connectivity index (χ3v) is 4.53. The van der Waals surface area contributed by atoms with Crippen LogP contribution in [0, 0.1) is 16.7 Å². The van der Waals surface area contributed by atoms with Crippen LogP contribution in [0.1, 0.15) is 26.6 Å². The molecular weight excluding hydrogens is 356 g/mol. The number of nitrogens with zero attached hydrogens (tertiary/aromatic N) is 6. The maximum Gasteiger partial charge on any atom is 0.228 e. The highest BCUT2D eigenvalue weighted by Gasteiger charge is 2.29. The van der Waals surface area contributed by atoms with Crippen LogP contribution in [-0.2, 0) is 4.79 Å². The minimum Gasteiger partial charge on any atom is -0.368 e. The van der Waals surface area contributed by atoms with Crippen LogP contribution in [0.2, 0.25) is 0 Å². The Morgan fingerprint density at radius 1 is 1.21 bits per heavy atom. The molecule has 1 aliphatic rings. The fourth-order valence-corrected chi connectivity index (χ4v) is 2.99. The normalized spacial score (nSPS) is 15.3. The van der Waals surface area contributed by atoms with E-state index in [-0.39, 0.29) is 22.7 Å². The first-order valence-electron chi connectivity index (χ1n) is 9.13. The molecule has 1 saturated heterocycles. The summed E-state index contributed by atoms with van der Waals surface area (Å²) >= 11 is 0. The van der Waals surface area contributed by atoms with Crippen molar-refractivity contribution in [3.8, 4) is 6.07 Å². The molecule has 0 bridgehead atoms. The zero-order chi connectivity index (χ0) is 20.1. The SMILES string of the molecule is CC(C)(C)C(=O)N1CCN(c2ccc(NC=C(C#N)c3nn[nH]n3)cc2)CC1. The first-order chi connectivity index (χ1) is 13.4. The highest BCUT2D eigenvalue weighted by molar-refractivity contribution is 5.81. The van der Waals surface area contributed by atoms with Gasteiger partial charge in [0.15, 0.2) is 0 Å². The number of hydrogen-bond donors (Lipinski definition) is 2. The van der Waals surface area contributed by atoms with Gasteiger partial charge in [0.1, 0.15) is 11.6 Å². The van der Waals surface area contributed by atoms with Gasteiger partial charge in [-0.1, -0.05) is 20.8 Å². The standard InChI is InChI=1S/C19H24N8O/c1-19(2,3)18(28)27-10-8-26(9-11-27)16-6-4-15(5-7-16)21-13-14(12-20)17-22-24-25-23-17/h4-7,13,21H,8-11H2,1-3H3,(H,22,23,24,25). The number of benzene rings is 1. The van der Waals surface area contributed by atoms with Crippen molar-refractivity contribution in [1.82, 2.24) is 25.5 Å². The zero-order valence-electron chi connectivity index (χ0n) is 16.3. The Hall–Kier alpha value is -3.41. The van der Waals surface area contributed by atoms with E-state index in [4.69, 9.17) is 0 Å². The van der Waals surface area contributed by atoms with Crippen molar-refractivity contribution in [2.24, 2.45) is 5.41 Å². The molecule has 0 saturated carbocycles. The number of nitriles is 1. The Labute approximate surface area is 164 Å². The summed E-state index contributed by atoms with van der Waals surface area (Å²) in [5.74, 6) is 0.447. The minimum absolute atomic E-state index is 0.202. The highest BCUT2D eigenvalue weighted by Crippen LogP contribution is 2.23. The number of anilines is 2. The van der Waals surface area contributed by atoms with Crippen LogP contribution in [0.25, 0.3) is 5.57 Å². The number of hydrogen-bond acceptors (Lipinski definition) is 7. The van der Waals surface area contributed by atoms with Crippen LogP contribution in [0.3, 0.4) is 0 Å². The maximum atomic E-state index is 12.4. The molecule has 3 rings (SSSR count). The molecule has 0 aliphatic carbocycles. The molecule has 0 spiro atoms. The maximum absolute atomic E-state index is 12.4. The van der Waals surface area contributed by atoms with Gasteiger partial charge in [-0.2, -0.15) is 10.5 Å². The number of piperazine rings is 1. The van der Waals surface area contributed by atoms with Crippen LogP contribution in [0.15, 0.2) is 30.5 Å². The van der Waals surface area contributed by atoms with Gasteiger partial charge in [0, 0.05) is 49.2 Å². The second-order valence-electron chi connectivity index (χ2n) is 7.63. The molecule has 1 fully saturated rings. The summed E-state index contributed by atoms with van der Waals surface area (Å²) < 4.78 is 0. The molecule has 1 aromatic carbocycles. The predicted molar refractivity (Wildman–Crippen MR) is 106 cm³/mol. The lowest BCUT2D eigenvalue weighted by molar-refractivity contribution is -0.139. The number of rotatable bonds is 4. The van der Waals surface area contributed by atoms with E-state index >= 15 is 0 Å². The number of tetrazole rings is 1. The largest absolute Gasteiger partial charge is 0.368 e. The van der Waals surface area contributed by atoms with Crippen LogP contribution >= 0.6 is 0 Å².